The molecule has 4 heterocycles. The summed E-state index contributed by atoms with van der Waals surface area (Å²) < 4.78 is 22.2. The van der Waals surface area contributed by atoms with Crippen LogP contribution in [0.3, 0.4) is 0 Å². The smallest absolute Gasteiger partial charge is 0.249 e. The second kappa shape index (κ2) is 22.1. The molecule has 5 aromatic rings. The molecule has 3 aliphatic rings. The summed E-state index contributed by atoms with van der Waals surface area (Å²) in [7, 11) is 3.45. The van der Waals surface area contributed by atoms with Gasteiger partial charge in [0.05, 0.1) is 11.4 Å². The van der Waals surface area contributed by atoms with E-state index in [-0.39, 0.29) is 18.2 Å². The number of carbonyl (C=O) groups is 3. The van der Waals surface area contributed by atoms with E-state index in [4.69, 9.17) is 21.3 Å². The molecule has 3 amide bonds. The fourth-order valence-electron chi connectivity index (χ4n) is 9.37. The number of ether oxygens (including phenoxy) is 1. The second-order valence-electron chi connectivity index (χ2n) is 17.7. The summed E-state index contributed by atoms with van der Waals surface area (Å²) in [6, 6.07) is 18.7. The van der Waals surface area contributed by atoms with Crippen molar-refractivity contribution < 1.29 is 23.5 Å². The number of nitrogens with one attached hydrogen (secondary N) is 2. The van der Waals surface area contributed by atoms with E-state index in [1.807, 2.05) is 24.4 Å². The average molecular weight is 917 g/mol. The molecule has 346 valence electrons. The number of anilines is 4. The highest BCUT2D eigenvalue weighted by atomic mass is 35.5. The van der Waals surface area contributed by atoms with Crippen LogP contribution in [-0.2, 0) is 25.7 Å². The summed E-state index contributed by atoms with van der Waals surface area (Å²) in [6.45, 7) is 7.18. The normalized spacial score (nSPS) is 17.3. The first-order valence-electron chi connectivity index (χ1n) is 23.2. The van der Waals surface area contributed by atoms with Crippen LogP contribution in [0.25, 0.3) is 22.2 Å². The van der Waals surface area contributed by atoms with Crippen molar-refractivity contribution in [1.82, 2.24) is 29.7 Å². The lowest BCUT2D eigenvalue weighted by molar-refractivity contribution is -0.134. The fraction of sp³-hybridized carbons (Fsp3) is 0.431. The molecule has 3 fully saturated rings. The Morgan fingerprint density at radius 1 is 0.939 bits per heavy atom. The number of likely N-dealkylation sites (N-methyl/N-ethyl adjacent to an activating group) is 1. The molecule has 13 nitrogen and oxygen atoms in total. The molecule has 2 aromatic heterocycles. The summed E-state index contributed by atoms with van der Waals surface area (Å²) in [5.74, 6) is 5.61. The summed E-state index contributed by atoms with van der Waals surface area (Å²) in [6.07, 6.45) is 14.7. The van der Waals surface area contributed by atoms with Gasteiger partial charge in [-0.2, -0.15) is 4.98 Å². The number of fused-ring (bicyclic) bond motifs is 1. The van der Waals surface area contributed by atoms with Gasteiger partial charge in [0.15, 0.2) is 0 Å². The lowest BCUT2D eigenvalue weighted by Crippen LogP contribution is -2.51. The van der Waals surface area contributed by atoms with Gasteiger partial charge in [-0.1, -0.05) is 67.0 Å². The molecule has 2 N–H and O–H groups in total. The van der Waals surface area contributed by atoms with Gasteiger partial charge in [-0.25, -0.2) is 9.37 Å². The lowest BCUT2D eigenvalue weighted by atomic mass is 9.95. The first-order valence-corrected chi connectivity index (χ1v) is 23.6. The number of benzene rings is 3. The fourth-order valence-corrected chi connectivity index (χ4v) is 9.59. The maximum absolute atomic E-state index is 14.1. The number of piperazine rings is 1. The topological polar surface area (TPSA) is 128 Å². The maximum atomic E-state index is 14.1. The van der Waals surface area contributed by atoms with E-state index in [0.717, 1.165) is 106 Å². The highest BCUT2D eigenvalue weighted by molar-refractivity contribution is 6.30. The number of imide groups is 1. The first kappa shape index (κ1) is 46.7. The minimum Gasteiger partial charge on any atom is -0.369 e. The molecule has 1 aliphatic carbocycles. The van der Waals surface area contributed by atoms with Gasteiger partial charge < -0.3 is 29.3 Å². The van der Waals surface area contributed by atoms with Crippen LogP contribution in [0.5, 0.6) is 0 Å². The molecule has 1 unspecified atom stereocenters. The Hall–Kier alpha value is -5.85. The number of piperidine rings is 1. The van der Waals surface area contributed by atoms with E-state index >= 15 is 0 Å². The Kier molecular flexibility index (Phi) is 15.6. The quantitative estimate of drug-likeness (QED) is 0.0407. The molecule has 0 radical (unpaired) electrons. The third-order valence-electron chi connectivity index (χ3n) is 13.0. The number of carbonyl (C=O) groups excluding carboxylic acids is 3. The zero-order valence-electron chi connectivity index (χ0n) is 37.9. The van der Waals surface area contributed by atoms with Crippen LogP contribution in [0.4, 0.5) is 27.4 Å². The Balaban J connectivity index is 0.761. The highest BCUT2D eigenvalue weighted by Crippen LogP contribution is 2.37. The number of aromatic nitrogens is 3. The van der Waals surface area contributed by atoms with Gasteiger partial charge in [0.1, 0.15) is 24.1 Å². The molecular formula is C51H59ClFN9O4. The molecule has 0 spiro atoms. The van der Waals surface area contributed by atoms with Crippen LogP contribution in [0, 0.1) is 17.7 Å². The van der Waals surface area contributed by atoms with E-state index in [1.54, 1.807) is 25.1 Å². The van der Waals surface area contributed by atoms with Crippen LogP contribution in [-0.4, -0.2) is 109 Å². The Labute approximate surface area is 391 Å². The molecule has 2 saturated heterocycles. The van der Waals surface area contributed by atoms with Crippen LogP contribution < -0.4 is 20.4 Å². The van der Waals surface area contributed by atoms with Crippen molar-refractivity contribution in [2.75, 3.05) is 75.1 Å². The lowest BCUT2D eigenvalue weighted by Gasteiger charge is -2.34. The molecule has 1 atom stereocenters. The van der Waals surface area contributed by atoms with Crippen molar-refractivity contribution in [3.8, 4) is 23.0 Å². The third-order valence-corrected chi connectivity index (χ3v) is 13.3. The number of rotatable bonds is 17. The van der Waals surface area contributed by atoms with Gasteiger partial charge >= 0.3 is 0 Å². The number of nitrogens with zero attached hydrogens (tertiary/aromatic N) is 7. The monoisotopic (exact) mass is 915 g/mol. The molecule has 1 saturated carbocycles. The maximum Gasteiger partial charge on any atom is 0.249 e. The SMILES string of the molecule is CN(C=O)c1cc(C#CCOCCCCCN2CCN(Cc3ccc(-c4cn(C5CCCCC5)c5nc(Nc6cc(F)cc(Cl)c6)ncc45)cc3)CC2)ccc1N(C)C1CCC(=O)NC1=O. The van der Waals surface area contributed by atoms with E-state index < -0.39 is 11.9 Å². The largest absolute Gasteiger partial charge is 0.369 e. The highest BCUT2D eigenvalue weighted by Gasteiger charge is 2.31. The minimum atomic E-state index is -0.506. The predicted molar refractivity (Wildman–Crippen MR) is 259 cm³/mol. The van der Waals surface area contributed by atoms with Crippen molar-refractivity contribution in [3.05, 3.63) is 95.0 Å². The van der Waals surface area contributed by atoms with Gasteiger partial charge in [0, 0.05) is 106 Å². The summed E-state index contributed by atoms with van der Waals surface area (Å²) in [5.41, 5.74) is 7.02. The Morgan fingerprint density at radius 2 is 1.73 bits per heavy atom. The predicted octanol–water partition coefficient (Wildman–Crippen LogP) is 8.33. The van der Waals surface area contributed by atoms with Crippen LogP contribution in [0.2, 0.25) is 5.02 Å². The molecule has 3 aromatic carbocycles. The third kappa shape index (κ3) is 11.7. The second-order valence-corrected chi connectivity index (χ2v) is 18.1. The van der Waals surface area contributed by atoms with Crippen molar-refractivity contribution in [3.63, 3.8) is 0 Å². The van der Waals surface area contributed by atoms with E-state index in [1.165, 1.54) is 41.9 Å². The summed E-state index contributed by atoms with van der Waals surface area (Å²) >= 11 is 6.11. The zero-order valence-corrected chi connectivity index (χ0v) is 38.7. The van der Waals surface area contributed by atoms with Crippen molar-refractivity contribution in [1.29, 1.82) is 0 Å². The van der Waals surface area contributed by atoms with Gasteiger partial charge in [-0.15, -0.1) is 0 Å². The Bertz CT molecular complexity index is 2540. The molecule has 66 heavy (non-hydrogen) atoms. The molecular weight excluding hydrogens is 857 g/mol. The van der Waals surface area contributed by atoms with Crippen molar-refractivity contribution >= 4 is 63.9 Å². The van der Waals surface area contributed by atoms with E-state index in [0.29, 0.717) is 53.7 Å². The molecule has 15 heteroatoms. The zero-order chi connectivity index (χ0) is 46.0. The first-order chi connectivity index (χ1) is 32.1. The van der Waals surface area contributed by atoms with Gasteiger partial charge in [-0.05, 0) is 92.6 Å². The van der Waals surface area contributed by atoms with Crippen molar-refractivity contribution in [2.45, 2.75) is 82.8 Å². The van der Waals surface area contributed by atoms with Crippen molar-refractivity contribution in [2.24, 2.45) is 0 Å². The molecule has 0 bridgehead atoms. The van der Waals surface area contributed by atoms with Gasteiger partial charge in [0.2, 0.25) is 24.2 Å². The summed E-state index contributed by atoms with van der Waals surface area (Å²) in [5, 5.41) is 6.87. The van der Waals surface area contributed by atoms with Crippen LogP contribution in [0.15, 0.2) is 73.1 Å². The van der Waals surface area contributed by atoms with Crippen LogP contribution >= 0.6 is 11.6 Å². The number of hydrogen-bond donors (Lipinski definition) is 2. The van der Waals surface area contributed by atoms with Crippen LogP contribution in [0.1, 0.15) is 81.4 Å². The standard InChI is InChI=1S/C51H59ClFN9O4/c1-58(35-63)47-28-36(15-18-45(47)59(2)46-19-20-48(64)56-50(46)65)10-9-27-66-26-8-4-7-21-60-22-24-61(25-23-60)33-37-13-16-38(17-14-37)44-34-62(42-11-5-3-6-12-42)49-43(44)32-54-51(57-49)55-41-30-39(52)29-40(53)31-41/h13-18,28-32,34-35,42,46H,3-8,11-12,19-27,33H2,1-2H3,(H,54,55,57)(H,56,64,65). The van der Waals surface area contributed by atoms with E-state index in [2.05, 4.69) is 72.3 Å². The Morgan fingerprint density at radius 3 is 2.48 bits per heavy atom. The van der Waals surface area contributed by atoms with Gasteiger partial charge in [-0.3, -0.25) is 24.6 Å². The van der Waals surface area contributed by atoms with E-state index in [9.17, 15) is 18.8 Å². The summed E-state index contributed by atoms with van der Waals surface area (Å²) in [4.78, 5) is 53.8. The number of amides is 3. The molecule has 2 aliphatic heterocycles. The number of hydrogen-bond acceptors (Lipinski definition) is 10. The number of unbranched alkanes of at least 4 members (excludes halogenated alkanes) is 2. The number of halogens is 2. The van der Waals surface area contributed by atoms with Gasteiger partial charge in [0.25, 0.3) is 0 Å². The minimum absolute atomic E-state index is 0.268. The average Bonchev–Trinajstić information content (AvgIpc) is 3.70. The molecule has 8 rings (SSSR count).